The Morgan fingerprint density at radius 2 is 1.92 bits per heavy atom. The zero-order valence-corrected chi connectivity index (χ0v) is 15.4. The van der Waals surface area contributed by atoms with Crippen molar-refractivity contribution in [3.63, 3.8) is 0 Å². The van der Waals surface area contributed by atoms with Gasteiger partial charge in [0.15, 0.2) is 0 Å². The van der Waals surface area contributed by atoms with Gasteiger partial charge in [-0.1, -0.05) is 32.4 Å². The third-order valence-electron chi connectivity index (χ3n) is 5.29. The van der Waals surface area contributed by atoms with E-state index >= 15 is 0 Å². The van der Waals surface area contributed by atoms with E-state index in [4.69, 9.17) is 10.5 Å². The maximum Gasteiger partial charge on any atom is 0.239 e. The normalized spacial score (nSPS) is 19.6. The van der Waals surface area contributed by atoms with Crippen molar-refractivity contribution in [3.05, 3.63) is 29.8 Å². The van der Waals surface area contributed by atoms with Crippen molar-refractivity contribution in [1.82, 2.24) is 9.80 Å². The Kier molecular flexibility index (Phi) is 6.63. The van der Waals surface area contributed by atoms with Crippen LogP contribution in [0.25, 0.3) is 0 Å². The lowest BCUT2D eigenvalue weighted by atomic mass is 9.98. The Hall–Kier alpha value is -1.59. The summed E-state index contributed by atoms with van der Waals surface area (Å²) in [6, 6.07) is 8.13. The van der Waals surface area contributed by atoms with Crippen LogP contribution in [0.1, 0.15) is 38.8 Å². The molecule has 0 saturated carbocycles. The Balaban J connectivity index is 1.93. The van der Waals surface area contributed by atoms with E-state index in [9.17, 15) is 4.79 Å². The summed E-state index contributed by atoms with van der Waals surface area (Å²) in [5.41, 5.74) is 7.34. The Morgan fingerprint density at radius 1 is 1.25 bits per heavy atom. The molecule has 0 bridgehead atoms. The molecule has 1 heterocycles. The summed E-state index contributed by atoms with van der Waals surface area (Å²) in [5, 5.41) is 0. The fraction of sp³-hybridized carbons (Fsp3) is 0.632. The highest BCUT2D eigenvalue weighted by Gasteiger charge is 2.29. The van der Waals surface area contributed by atoms with Gasteiger partial charge in [-0.25, -0.2) is 0 Å². The zero-order valence-electron chi connectivity index (χ0n) is 15.4. The molecule has 0 aromatic heterocycles. The summed E-state index contributed by atoms with van der Waals surface area (Å²) in [6.07, 6.45) is 0.930. The first-order valence-corrected chi connectivity index (χ1v) is 8.90. The molecule has 5 nitrogen and oxygen atoms in total. The van der Waals surface area contributed by atoms with Crippen LogP contribution >= 0.6 is 0 Å². The number of ether oxygens (including phenoxy) is 1. The summed E-state index contributed by atoms with van der Waals surface area (Å²) in [6.45, 7) is 9.57. The van der Waals surface area contributed by atoms with Crippen molar-refractivity contribution < 1.29 is 9.53 Å². The van der Waals surface area contributed by atoms with Crippen molar-refractivity contribution in [3.8, 4) is 5.75 Å². The molecule has 1 saturated heterocycles. The van der Waals surface area contributed by atoms with Crippen LogP contribution in [0.2, 0.25) is 0 Å². The van der Waals surface area contributed by atoms with E-state index in [1.807, 2.05) is 24.0 Å². The number of nitrogens with two attached hydrogens (primary N) is 1. The van der Waals surface area contributed by atoms with Gasteiger partial charge in [0, 0.05) is 32.2 Å². The Bertz CT molecular complexity index is 541. The van der Waals surface area contributed by atoms with Crippen molar-refractivity contribution in [1.29, 1.82) is 0 Å². The molecule has 24 heavy (non-hydrogen) atoms. The van der Waals surface area contributed by atoms with E-state index in [0.29, 0.717) is 6.04 Å². The van der Waals surface area contributed by atoms with Gasteiger partial charge in [0.1, 0.15) is 5.75 Å². The van der Waals surface area contributed by atoms with E-state index in [-0.39, 0.29) is 17.9 Å². The molecular weight excluding hydrogens is 302 g/mol. The van der Waals surface area contributed by atoms with Crippen LogP contribution in [0.3, 0.4) is 0 Å². The summed E-state index contributed by atoms with van der Waals surface area (Å²) in [7, 11) is 1.69. The number of methoxy groups -OCH3 is 1. The first-order chi connectivity index (χ1) is 11.5. The van der Waals surface area contributed by atoms with E-state index < -0.39 is 0 Å². The lowest BCUT2D eigenvalue weighted by Gasteiger charge is -2.39. The minimum Gasteiger partial charge on any atom is -0.497 e. The number of hydrogen-bond donors (Lipinski definition) is 1. The smallest absolute Gasteiger partial charge is 0.239 e. The second-order valence-corrected chi connectivity index (χ2v) is 6.73. The highest BCUT2D eigenvalue weighted by Crippen LogP contribution is 2.25. The summed E-state index contributed by atoms with van der Waals surface area (Å²) in [5.74, 6) is 1.21. The van der Waals surface area contributed by atoms with Crippen molar-refractivity contribution in [2.24, 2.45) is 11.7 Å². The van der Waals surface area contributed by atoms with Gasteiger partial charge in [-0.2, -0.15) is 0 Å². The van der Waals surface area contributed by atoms with Crippen LogP contribution in [0, 0.1) is 5.92 Å². The van der Waals surface area contributed by atoms with E-state index in [1.54, 1.807) is 7.11 Å². The second-order valence-electron chi connectivity index (χ2n) is 6.73. The van der Waals surface area contributed by atoms with Gasteiger partial charge in [0.25, 0.3) is 0 Å². The van der Waals surface area contributed by atoms with Crippen molar-refractivity contribution >= 4 is 5.91 Å². The van der Waals surface area contributed by atoms with Crippen molar-refractivity contribution in [2.75, 3.05) is 33.3 Å². The molecule has 1 aromatic rings. The number of carbonyl (C=O) groups excluding carboxylic acids is 1. The molecule has 2 N–H and O–H groups in total. The second kappa shape index (κ2) is 8.49. The van der Waals surface area contributed by atoms with Gasteiger partial charge >= 0.3 is 0 Å². The maximum absolute atomic E-state index is 12.5. The van der Waals surface area contributed by atoms with Gasteiger partial charge in [0.05, 0.1) is 13.2 Å². The van der Waals surface area contributed by atoms with Gasteiger partial charge in [0.2, 0.25) is 5.91 Å². The molecule has 3 atom stereocenters. The molecule has 1 aromatic carbocycles. The van der Waals surface area contributed by atoms with Crippen LogP contribution in [0.15, 0.2) is 24.3 Å². The quantitative estimate of drug-likeness (QED) is 0.868. The predicted molar refractivity (Wildman–Crippen MR) is 97.0 cm³/mol. The van der Waals surface area contributed by atoms with Gasteiger partial charge in [-0.15, -0.1) is 0 Å². The summed E-state index contributed by atoms with van der Waals surface area (Å²) in [4.78, 5) is 16.8. The predicted octanol–water partition coefficient (Wildman–Crippen LogP) is 2.27. The molecule has 1 aliphatic heterocycles. The number of hydrogen-bond acceptors (Lipinski definition) is 4. The molecule has 134 valence electrons. The van der Waals surface area contributed by atoms with Crippen molar-refractivity contribution in [2.45, 2.75) is 39.3 Å². The van der Waals surface area contributed by atoms with Crippen LogP contribution in [-0.2, 0) is 4.79 Å². The maximum atomic E-state index is 12.5. The van der Waals surface area contributed by atoms with E-state index in [1.165, 1.54) is 5.56 Å². The molecule has 0 radical (unpaired) electrons. The number of amides is 1. The minimum atomic E-state index is -0.377. The average molecular weight is 333 g/mol. The zero-order chi connectivity index (χ0) is 17.7. The minimum absolute atomic E-state index is 0.0954. The Morgan fingerprint density at radius 3 is 2.50 bits per heavy atom. The highest BCUT2D eigenvalue weighted by molar-refractivity contribution is 5.82. The molecule has 5 heteroatoms. The number of nitrogens with zero attached hydrogens (tertiary/aromatic N) is 2. The monoisotopic (exact) mass is 333 g/mol. The number of carbonyl (C=O) groups is 1. The molecule has 0 spiro atoms. The SMILES string of the molecule is CCC(C)C(N)C(=O)N1CCN(C(C)c2cccc(OC)c2)CC1. The fourth-order valence-corrected chi connectivity index (χ4v) is 3.15. The molecule has 1 fully saturated rings. The molecule has 2 rings (SSSR count). The summed E-state index contributed by atoms with van der Waals surface area (Å²) >= 11 is 0. The molecule has 1 aliphatic rings. The highest BCUT2D eigenvalue weighted by atomic mass is 16.5. The van der Waals surface area contributed by atoms with E-state index in [0.717, 1.165) is 38.3 Å². The van der Waals surface area contributed by atoms with Crippen LogP contribution in [-0.4, -0.2) is 55.0 Å². The number of piperazine rings is 1. The largest absolute Gasteiger partial charge is 0.497 e. The fourth-order valence-electron chi connectivity index (χ4n) is 3.15. The lowest BCUT2D eigenvalue weighted by molar-refractivity contribution is -0.135. The first kappa shape index (κ1) is 18.7. The number of benzene rings is 1. The molecule has 0 aliphatic carbocycles. The van der Waals surface area contributed by atoms with Crippen LogP contribution in [0.5, 0.6) is 5.75 Å². The third-order valence-corrected chi connectivity index (χ3v) is 5.29. The van der Waals surface area contributed by atoms with Crippen LogP contribution < -0.4 is 10.5 Å². The van der Waals surface area contributed by atoms with E-state index in [2.05, 4.69) is 30.9 Å². The lowest BCUT2D eigenvalue weighted by Crippen LogP contribution is -2.54. The molecule has 3 unspecified atom stereocenters. The number of rotatable bonds is 6. The Labute approximate surface area is 145 Å². The molecular formula is C19H31N3O2. The average Bonchev–Trinajstić information content (AvgIpc) is 2.65. The third kappa shape index (κ3) is 4.28. The summed E-state index contributed by atoms with van der Waals surface area (Å²) < 4.78 is 5.31. The van der Waals surface area contributed by atoms with Gasteiger partial charge in [-0.3, -0.25) is 9.69 Å². The topological polar surface area (TPSA) is 58.8 Å². The van der Waals surface area contributed by atoms with Gasteiger partial charge < -0.3 is 15.4 Å². The first-order valence-electron chi connectivity index (χ1n) is 8.90. The van der Waals surface area contributed by atoms with Gasteiger partial charge in [-0.05, 0) is 30.5 Å². The van der Waals surface area contributed by atoms with Crippen LogP contribution in [0.4, 0.5) is 0 Å². The standard InChI is InChI=1S/C19H31N3O2/c1-5-14(2)18(20)19(23)22-11-9-21(10-12-22)15(3)16-7-6-8-17(13-16)24-4/h6-8,13-15,18H,5,9-12,20H2,1-4H3. The molecule has 1 amide bonds.